The first-order valence-electron chi connectivity index (χ1n) is 3.51. The third-order valence-electron chi connectivity index (χ3n) is 1.40. The Hall–Kier alpha value is -0.0500. The molecule has 0 rings (SSSR count). The van der Waals surface area contributed by atoms with Gasteiger partial charge in [-0.25, -0.2) is 8.42 Å². The molecule has 10 heavy (non-hydrogen) atoms. The van der Waals surface area contributed by atoms with Crippen LogP contribution in [0.3, 0.4) is 0 Å². The molecule has 0 spiro atoms. The van der Waals surface area contributed by atoms with E-state index in [0.29, 0.717) is 5.92 Å². The molecule has 0 aliphatic carbocycles. The minimum absolute atomic E-state index is 0.447. The predicted molar refractivity (Wildman–Crippen MR) is 43.8 cm³/mol. The summed E-state index contributed by atoms with van der Waals surface area (Å²) in [7, 11) is -2.28. The van der Waals surface area contributed by atoms with Crippen LogP contribution in [0.4, 0.5) is 0 Å². The lowest BCUT2D eigenvalue weighted by atomic mass is 10.0. The summed E-state index contributed by atoms with van der Waals surface area (Å²) in [6.45, 7) is 7.58. The SMILES string of the molecule is CC(C)CC(C)(C)[SH](=O)=O. The molecule has 0 aromatic carbocycles. The Labute approximate surface area is 64.6 Å². The molecule has 0 aliphatic rings. The smallest absolute Gasteiger partial charge is 0.145 e. The van der Waals surface area contributed by atoms with Crippen molar-refractivity contribution in [3.8, 4) is 0 Å². The first-order chi connectivity index (χ1) is 4.36. The van der Waals surface area contributed by atoms with Gasteiger partial charge in [-0.15, -0.1) is 0 Å². The number of hydrogen-bond donors (Lipinski definition) is 1. The van der Waals surface area contributed by atoms with Crippen LogP contribution in [0.25, 0.3) is 0 Å². The summed E-state index contributed by atoms with van der Waals surface area (Å²) in [5.74, 6) is 0.447. The Bertz CT molecular complexity index is 160. The highest BCUT2D eigenvalue weighted by Crippen LogP contribution is 2.18. The van der Waals surface area contributed by atoms with Crippen LogP contribution >= 0.6 is 0 Å². The summed E-state index contributed by atoms with van der Waals surface area (Å²) in [5.41, 5.74) is 0. The molecule has 0 unspecified atom stereocenters. The third-order valence-corrected chi connectivity index (χ3v) is 2.57. The monoisotopic (exact) mass is 164 g/mol. The minimum atomic E-state index is -2.28. The molecule has 0 aromatic heterocycles. The molecule has 0 heterocycles. The molecule has 3 heteroatoms. The van der Waals surface area contributed by atoms with Crippen molar-refractivity contribution in [2.24, 2.45) is 5.92 Å². The normalized spacial score (nSPS) is 13.0. The number of thiol groups is 1. The second kappa shape index (κ2) is 3.37. The summed E-state index contributed by atoms with van der Waals surface area (Å²) < 4.78 is 20.7. The number of hydrogen-bond acceptors (Lipinski definition) is 2. The van der Waals surface area contributed by atoms with Gasteiger partial charge >= 0.3 is 0 Å². The fourth-order valence-corrected chi connectivity index (χ4v) is 1.59. The highest BCUT2D eigenvalue weighted by molar-refractivity contribution is 7.74. The van der Waals surface area contributed by atoms with Crippen molar-refractivity contribution in [2.45, 2.75) is 38.9 Å². The van der Waals surface area contributed by atoms with E-state index >= 15 is 0 Å². The average molecular weight is 164 g/mol. The van der Waals surface area contributed by atoms with Crippen LogP contribution in [0.1, 0.15) is 34.1 Å². The zero-order valence-electron chi connectivity index (χ0n) is 7.05. The van der Waals surface area contributed by atoms with E-state index in [4.69, 9.17) is 0 Å². The predicted octanol–water partition coefficient (Wildman–Crippen LogP) is 1.42. The van der Waals surface area contributed by atoms with Crippen LogP contribution in [-0.2, 0) is 10.7 Å². The van der Waals surface area contributed by atoms with Crippen molar-refractivity contribution in [1.29, 1.82) is 0 Å². The Morgan fingerprint density at radius 1 is 1.30 bits per heavy atom. The van der Waals surface area contributed by atoms with Gasteiger partial charge in [0, 0.05) is 0 Å². The van der Waals surface area contributed by atoms with Crippen LogP contribution in [0.2, 0.25) is 0 Å². The minimum Gasteiger partial charge on any atom is -0.231 e. The Kier molecular flexibility index (Phi) is 3.36. The van der Waals surface area contributed by atoms with Gasteiger partial charge in [-0.1, -0.05) is 13.8 Å². The second-order valence-corrected chi connectivity index (χ2v) is 5.39. The zero-order chi connectivity index (χ0) is 8.36. The fourth-order valence-electron chi connectivity index (χ4n) is 1.07. The quantitative estimate of drug-likeness (QED) is 0.640. The van der Waals surface area contributed by atoms with Gasteiger partial charge in [0.25, 0.3) is 0 Å². The van der Waals surface area contributed by atoms with Gasteiger partial charge in [-0.2, -0.15) is 0 Å². The van der Waals surface area contributed by atoms with Gasteiger partial charge in [0.2, 0.25) is 0 Å². The van der Waals surface area contributed by atoms with Crippen LogP contribution < -0.4 is 0 Å². The Morgan fingerprint density at radius 2 is 1.70 bits per heavy atom. The first-order valence-corrected chi connectivity index (χ1v) is 4.68. The molecule has 0 fully saturated rings. The summed E-state index contributed by atoms with van der Waals surface area (Å²) in [5, 5.41) is 0. The van der Waals surface area contributed by atoms with Crippen molar-refractivity contribution in [1.82, 2.24) is 0 Å². The van der Waals surface area contributed by atoms with E-state index < -0.39 is 15.5 Å². The van der Waals surface area contributed by atoms with Gasteiger partial charge in [0.15, 0.2) is 0 Å². The molecule has 0 aromatic rings. The summed E-state index contributed by atoms with van der Waals surface area (Å²) in [6, 6.07) is 0. The van der Waals surface area contributed by atoms with Crippen molar-refractivity contribution >= 4 is 10.7 Å². The van der Waals surface area contributed by atoms with E-state index in [-0.39, 0.29) is 0 Å². The highest BCUT2D eigenvalue weighted by Gasteiger charge is 2.22. The summed E-state index contributed by atoms with van der Waals surface area (Å²) in [4.78, 5) is 0. The van der Waals surface area contributed by atoms with Gasteiger partial charge < -0.3 is 0 Å². The number of rotatable bonds is 3. The Morgan fingerprint density at radius 3 is 1.80 bits per heavy atom. The second-order valence-electron chi connectivity index (χ2n) is 3.67. The molecule has 0 saturated carbocycles. The van der Waals surface area contributed by atoms with Gasteiger partial charge in [0.05, 0.1) is 4.75 Å². The zero-order valence-corrected chi connectivity index (χ0v) is 7.94. The maximum atomic E-state index is 10.6. The van der Waals surface area contributed by atoms with Gasteiger partial charge in [-0.3, -0.25) is 0 Å². The first kappa shape index (κ1) is 9.95. The molecule has 0 atom stereocenters. The van der Waals surface area contributed by atoms with E-state index in [9.17, 15) is 8.42 Å². The maximum Gasteiger partial charge on any atom is 0.145 e. The average Bonchev–Trinajstić information content (AvgIpc) is 1.60. The van der Waals surface area contributed by atoms with Crippen molar-refractivity contribution in [3.63, 3.8) is 0 Å². The van der Waals surface area contributed by atoms with Crippen LogP contribution in [0.5, 0.6) is 0 Å². The lowest BCUT2D eigenvalue weighted by molar-refractivity contribution is 0.474. The van der Waals surface area contributed by atoms with Crippen molar-refractivity contribution in [2.75, 3.05) is 0 Å². The molecular weight excluding hydrogens is 148 g/mol. The maximum absolute atomic E-state index is 10.6. The summed E-state index contributed by atoms with van der Waals surface area (Å²) >= 11 is 0. The molecule has 2 nitrogen and oxygen atoms in total. The highest BCUT2D eigenvalue weighted by atomic mass is 32.2. The lowest BCUT2D eigenvalue weighted by Crippen LogP contribution is -2.23. The summed E-state index contributed by atoms with van der Waals surface area (Å²) in [6.07, 6.45) is 0.742. The van der Waals surface area contributed by atoms with E-state index in [2.05, 4.69) is 0 Å². The van der Waals surface area contributed by atoms with Crippen LogP contribution in [-0.4, -0.2) is 13.2 Å². The fraction of sp³-hybridized carbons (Fsp3) is 1.00. The topological polar surface area (TPSA) is 34.1 Å². The molecule has 0 aliphatic heterocycles. The molecule has 0 amide bonds. The van der Waals surface area contributed by atoms with E-state index in [0.717, 1.165) is 6.42 Å². The van der Waals surface area contributed by atoms with Crippen LogP contribution in [0, 0.1) is 5.92 Å². The molecule has 0 radical (unpaired) electrons. The van der Waals surface area contributed by atoms with Crippen LogP contribution in [0.15, 0.2) is 0 Å². The van der Waals surface area contributed by atoms with Gasteiger partial charge in [-0.05, 0) is 26.2 Å². The molecular formula is C7H16O2S. The Balaban J connectivity index is 4.13. The lowest BCUT2D eigenvalue weighted by Gasteiger charge is -2.18. The van der Waals surface area contributed by atoms with Crippen molar-refractivity contribution < 1.29 is 8.42 Å². The molecule has 0 N–H and O–H groups in total. The van der Waals surface area contributed by atoms with E-state index in [1.807, 2.05) is 13.8 Å². The standard InChI is InChI=1S/C7H16O2S/c1-6(2)5-7(3,4)10(8)9/h6,10H,5H2,1-4H3. The largest absolute Gasteiger partial charge is 0.231 e. The molecule has 62 valence electrons. The van der Waals surface area contributed by atoms with E-state index in [1.54, 1.807) is 13.8 Å². The molecule has 0 bridgehead atoms. The van der Waals surface area contributed by atoms with E-state index in [1.165, 1.54) is 0 Å². The molecule has 0 saturated heterocycles. The van der Waals surface area contributed by atoms with Gasteiger partial charge in [0.1, 0.15) is 10.7 Å². The van der Waals surface area contributed by atoms with Crippen molar-refractivity contribution in [3.05, 3.63) is 0 Å². The third kappa shape index (κ3) is 3.20.